The molecule has 0 aliphatic rings. The highest BCUT2D eigenvalue weighted by Gasteiger charge is 2.28. The molecule has 134 valence electrons. The first-order chi connectivity index (χ1) is 11.8. The standard InChI is InChI=1S/C18H23N3O4/c1-4-8-14(16(19)22)20-17(23)15(12(2)3)21-18(24)25-11-13-9-6-5-7-10-13/h1,5-7,9-10,12,14-15H,8,11H2,2-3H3,(H2,19,22)(H,20,23)(H,21,24)/t14-,15-/m0/s1. The predicted molar refractivity (Wildman–Crippen MR) is 93.0 cm³/mol. The fraction of sp³-hybridized carbons (Fsp3) is 0.389. The molecule has 1 rings (SSSR count). The number of carbonyl (C=O) groups is 3. The first-order valence-electron chi connectivity index (χ1n) is 7.85. The van der Waals surface area contributed by atoms with Crippen molar-refractivity contribution in [3.63, 3.8) is 0 Å². The molecular weight excluding hydrogens is 322 g/mol. The Morgan fingerprint density at radius 3 is 2.36 bits per heavy atom. The Balaban J connectivity index is 2.63. The molecule has 3 amide bonds. The Morgan fingerprint density at radius 2 is 1.84 bits per heavy atom. The fourth-order valence-electron chi connectivity index (χ4n) is 2.03. The number of hydrogen-bond donors (Lipinski definition) is 3. The van der Waals surface area contributed by atoms with Crippen LogP contribution in [0.5, 0.6) is 0 Å². The van der Waals surface area contributed by atoms with E-state index in [1.54, 1.807) is 13.8 Å². The van der Waals surface area contributed by atoms with E-state index in [9.17, 15) is 14.4 Å². The van der Waals surface area contributed by atoms with Crippen LogP contribution in [-0.2, 0) is 20.9 Å². The summed E-state index contributed by atoms with van der Waals surface area (Å²) in [5, 5.41) is 4.95. The minimum atomic E-state index is -0.985. The largest absolute Gasteiger partial charge is 0.445 e. The molecule has 2 atom stereocenters. The molecule has 0 aliphatic carbocycles. The lowest BCUT2D eigenvalue weighted by Gasteiger charge is -2.23. The summed E-state index contributed by atoms with van der Waals surface area (Å²) in [6.07, 6.45) is 4.40. The predicted octanol–water partition coefficient (Wildman–Crippen LogP) is 0.931. The van der Waals surface area contributed by atoms with Crippen LogP contribution in [0.2, 0.25) is 0 Å². The fourth-order valence-corrected chi connectivity index (χ4v) is 2.03. The summed E-state index contributed by atoms with van der Waals surface area (Å²) in [7, 11) is 0. The van der Waals surface area contributed by atoms with Gasteiger partial charge in [-0.15, -0.1) is 12.3 Å². The van der Waals surface area contributed by atoms with Crippen molar-refractivity contribution in [2.75, 3.05) is 0 Å². The number of nitrogens with two attached hydrogens (primary N) is 1. The summed E-state index contributed by atoms with van der Waals surface area (Å²) in [6.45, 7) is 3.59. The molecule has 0 spiro atoms. The van der Waals surface area contributed by atoms with Gasteiger partial charge in [-0.2, -0.15) is 0 Å². The molecular formula is C18H23N3O4. The number of amides is 3. The van der Waals surface area contributed by atoms with E-state index in [0.29, 0.717) is 0 Å². The maximum Gasteiger partial charge on any atom is 0.408 e. The van der Waals surface area contributed by atoms with E-state index in [-0.39, 0.29) is 18.9 Å². The van der Waals surface area contributed by atoms with Crippen LogP contribution in [0.25, 0.3) is 0 Å². The molecule has 0 saturated carbocycles. The van der Waals surface area contributed by atoms with E-state index in [4.69, 9.17) is 16.9 Å². The Morgan fingerprint density at radius 1 is 1.20 bits per heavy atom. The zero-order valence-electron chi connectivity index (χ0n) is 14.3. The molecule has 25 heavy (non-hydrogen) atoms. The van der Waals surface area contributed by atoms with Crippen molar-refractivity contribution in [1.29, 1.82) is 0 Å². The van der Waals surface area contributed by atoms with Gasteiger partial charge < -0.3 is 21.1 Å². The maximum atomic E-state index is 12.3. The van der Waals surface area contributed by atoms with Gasteiger partial charge in [0.25, 0.3) is 0 Å². The van der Waals surface area contributed by atoms with Gasteiger partial charge in [0.1, 0.15) is 18.7 Å². The average Bonchev–Trinajstić information content (AvgIpc) is 2.57. The Bertz CT molecular complexity index is 637. The van der Waals surface area contributed by atoms with Crippen LogP contribution >= 0.6 is 0 Å². The molecule has 0 fully saturated rings. The minimum Gasteiger partial charge on any atom is -0.445 e. The number of nitrogens with one attached hydrogen (secondary N) is 2. The van der Waals surface area contributed by atoms with Crippen molar-refractivity contribution < 1.29 is 19.1 Å². The van der Waals surface area contributed by atoms with Crippen molar-refractivity contribution in [3.05, 3.63) is 35.9 Å². The summed E-state index contributed by atoms with van der Waals surface area (Å²) in [6, 6.07) is 7.28. The second kappa shape index (κ2) is 9.98. The molecule has 0 aromatic heterocycles. The number of rotatable bonds is 8. The second-order valence-corrected chi connectivity index (χ2v) is 5.80. The Labute approximate surface area is 147 Å². The smallest absolute Gasteiger partial charge is 0.408 e. The van der Waals surface area contributed by atoms with E-state index >= 15 is 0 Å². The van der Waals surface area contributed by atoms with Crippen LogP contribution in [0.4, 0.5) is 4.79 Å². The zero-order chi connectivity index (χ0) is 18.8. The Hall–Kier alpha value is -3.01. The van der Waals surface area contributed by atoms with Crippen LogP contribution in [-0.4, -0.2) is 30.0 Å². The average molecular weight is 345 g/mol. The van der Waals surface area contributed by atoms with Gasteiger partial charge in [-0.05, 0) is 11.5 Å². The van der Waals surface area contributed by atoms with Crippen molar-refractivity contribution in [2.45, 2.75) is 39.0 Å². The third kappa shape index (κ3) is 6.96. The van der Waals surface area contributed by atoms with E-state index < -0.39 is 30.0 Å². The summed E-state index contributed by atoms with van der Waals surface area (Å²) in [5.41, 5.74) is 6.02. The lowest BCUT2D eigenvalue weighted by atomic mass is 10.0. The molecule has 0 saturated heterocycles. The van der Waals surface area contributed by atoms with Gasteiger partial charge in [0.05, 0.1) is 0 Å². The van der Waals surface area contributed by atoms with E-state index in [1.807, 2.05) is 30.3 Å². The van der Waals surface area contributed by atoms with Crippen molar-refractivity contribution in [1.82, 2.24) is 10.6 Å². The molecule has 0 heterocycles. The summed E-state index contributed by atoms with van der Waals surface area (Å²) in [5.74, 6) is 0.756. The van der Waals surface area contributed by atoms with Crippen LogP contribution in [0, 0.1) is 18.3 Å². The monoisotopic (exact) mass is 345 g/mol. The van der Waals surface area contributed by atoms with Crippen LogP contribution < -0.4 is 16.4 Å². The molecule has 0 radical (unpaired) electrons. The normalized spacial score (nSPS) is 12.6. The summed E-state index contributed by atoms with van der Waals surface area (Å²) < 4.78 is 5.10. The minimum absolute atomic E-state index is 0.0235. The SMILES string of the molecule is C#CC[C@H](NC(=O)[C@@H](NC(=O)OCc1ccccc1)C(C)C)C(N)=O. The Kier molecular flexibility index (Phi) is 8.00. The lowest BCUT2D eigenvalue weighted by Crippen LogP contribution is -2.54. The number of benzene rings is 1. The zero-order valence-corrected chi connectivity index (χ0v) is 14.3. The van der Waals surface area contributed by atoms with Crippen LogP contribution in [0.3, 0.4) is 0 Å². The topological polar surface area (TPSA) is 111 Å². The van der Waals surface area contributed by atoms with Gasteiger partial charge in [0, 0.05) is 6.42 Å². The van der Waals surface area contributed by atoms with E-state index in [0.717, 1.165) is 5.56 Å². The number of ether oxygens (including phenoxy) is 1. The first-order valence-corrected chi connectivity index (χ1v) is 7.85. The molecule has 7 heteroatoms. The van der Waals surface area contributed by atoms with Crippen molar-refractivity contribution >= 4 is 17.9 Å². The lowest BCUT2D eigenvalue weighted by molar-refractivity contribution is -0.129. The molecule has 0 unspecified atom stereocenters. The number of carbonyl (C=O) groups excluding carboxylic acids is 3. The van der Waals surface area contributed by atoms with Gasteiger partial charge in [-0.3, -0.25) is 9.59 Å². The van der Waals surface area contributed by atoms with Crippen LogP contribution in [0.1, 0.15) is 25.8 Å². The van der Waals surface area contributed by atoms with Crippen LogP contribution in [0.15, 0.2) is 30.3 Å². The van der Waals surface area contributed by atoms with Crippen molar-refractivity contribution in [2.24, 2.45) is 11.7 Å². The number of hydrogen-bond acceptors (Lipinski definition) is 4. The number of terminal acetylenes is 1. The summed E-state index contributed by atoms with van der Waals surface area (Å²) in [4.78, 5) is 35.6. The molecule has 1 aromatic carbocycles. The molecule has 0 aliphatic heterocycles. The highest BCUT2D eigenvalue weighted by molar-refractivity contribution is 5.91. The molecule has 1 aromatic rings. The highest BCUT2D eigenvalue weighted by Crippen LogP contribution is 2.05. The number of alkyl carbamates (subject to hydrolysis) is 1. The van der Waals surface area contributed by atoms with E-state index in [1.165, 1.54) is 0 Å². The van der Waals surface area contributed by atoms with Gasteiger partial charge in [-0.1, -0.05) is 44.2 Å². The first kappa shape index (κ1) is 20.0. The van der Waals surface area contributed by atoms with Crippen molar-refractivity contribution in [3.8, 4) is 12.3 Å². The van der Waals surface area contributed by atoms with Gasteiger partial charge >= 0.3 is 6.09 Å². The highest BCUT2D eigenvalue weighted by atomic mass is 16.5. The third-order valence-corrected chi connectivity index (χ3v) is 3.42. The van der Waals surface area contributed by atoms with Gasteiger partial charge in [0.2, 0.25) is 11.8 Å². The molecule has 7 nitrogen and oxygen atoms in total. The molecule has 4 N–H and O–H groups in total. The van der Waals surface area contributed by atoms with Gasteiger partial charge in [-0.25, -0.2) is 4.79 Å². The van der Waals surface area contributed by atoms with Gasteiger partial charge in [0.15, 0.2) is 0 Å². The van der Waals surface area contributed by atoms with E-state index in [2.05, 4.69) is 16.6 Å². The quantitative estimate of drug-likeness (QED) is 0.609. The maximum absolute atomic E-state index is 12.3. The second-order valence-electron chi connectivity index (χ2n) is 5.80. The number of primary amides is 1. The molecule has 0 bridgehead atoms. The third-order valence-electron chi connectivity index (χ3n) is 3.42. The summed E-state index contributed by atoms with van der Waals surface area (Å²) >= 11 is 0.